The van der Waals surface area contributed by atoms with E-state index in [1.807, 2.05) is 0 Å². The molecule has 0 unspecified atom stereocenters. The Balaban J connectivity index is -0.0000000405. The predicted molar refractivity (Wildman–Crippen MR) is 78.0 cm³/mol. The number of carbonyl (C=O) groups is 3. The molecule has 0 fully saturated rings. The number of hydrogen-bond donors (Lipinski definition) is 9. The highest BCUT2D eigenvalue weighted by Gasteiger charge is 1.64. The van der Waals surface area contributed by atoms with Crippen LogP contribution in [-0.2, 0) is 14.4 Å². The lowest BCUT2D eigenvalue weighted by Crippen LogP contribution is -2.51. The van der Waals surface area contributed by atoms with Crippen molar-refractivity contribution in [1.82, 2.24) is 0 Å². The average molecular weight is 357 g/mol. The van der Waals surface area contributed by atoms with Crippen LogP contribution in [0.3, 0.4) is 0 Å². The zero-order valence-corrected chi connectivity index (χ0v) is 13.6. The van der Waals surface area contributed by atoms with Crippen molar-refractivity contribution in [3.8, 4) is 0 Å². The van der Waals surface area contributed by atoms with Crippen LogP contribution in [0.4, 0.5) is 0 Å². The number of rotatable bonds is 0. The second kappa shape index (κ2) is 31.6. The molecule has 0 amide bonds. The smallest absolute Gasteiger partial charge is 0.336 e. The van der Waals surface area contributed by atoms with Crippen molar-refractivity contribution in [3.63, 3.8) is 0 Å². The molecule has 0 rings (SSSR count). The molecular weight excluding hydrogens is 330 g/mol. The fourth-order valence-corrected chi connectivity index (χ4v) is 0. The van der Waals surface area contributed by atoms with E-state index in [2.05, 4.69) is 50.6 Å². The quantitative estimate of drug-likeness (QED) is 0.144. The fourth-order valence-electron chi connectivity index (χ4n) is 0. The normalized spacial score (nSPS) is 6.12. The van der Waals surface area contributed by atoms with Gasteiger partial charge in [0, 0.05) is 17.9 Å². The molecular formula is C9H27N9O6. The highest BCUT2D eigenvalue weighted by atomic mass is 16.4. The van der Waals surface area contributed by atoms with Crippen molar-refractivity contribution in [1.29, 1.82) is 0 Å². The molecule has 0 radical (unpaired) electrons. The van der Waals surface area contributed by atoms with Crippen LogP contribution < -0.4 is 65.9 Å². The molecule has 18 N–H and O–H groups in total. The summed E-state index contributed by atoms with van der Waals surface area (Å²) in [7, 11) is 0. The predicted octanol–water partition coefficient (Wildman–Crippen LogP) is -12.7. The number of aliphatic carboxylic acids is 3. The largest absolute Gasteiger partial charge is 0.550 e. The maximum atomic E-state index is 8.89. The van der Waals surface area contributed by atoms with Crippen molar-refractivity contribution >= 4 is 35.8 Å². The topological polar surface area (TPSA) is 353 Å². The third-order valence-corrected chi connectivity index (χ3v) is 0. The summed E-state index contributed by atoms with van der Waals surface area (Å²) in [6.45, 7) is 2.92. The molecule has 0 aliphatic heterocycles. The van der Waals surface area contributed by atoms with Crippen LogP contribution in [0.5, 0.6) is 0 Å². The number of nitrogens with two attached hydrogens (primary N) is 9. The molecule has 0 saturated carbocycles. The van der Waals surface area contributed by atoms with Crippen molar-refractivity contribution in [3.05, 3.63) is 0 Å². The van der Waals surface area contributed by atoms with E-state index in [9.17, 15) is 0 Å². The zero-order valence-electron chi connectivity index (χ0n) is 13.6. The van der Waals surface area contributed by atoms with Gasteiger partial charge in [0.05, 0.1) is 0 Å². The number of carboxylic acid groups (broad SMARTS) is 3. The monoisotopic (exact) mass is 357 g/mol. The molecule has 0 bridgehead atoms. The van der Waals surface area contributed by atoms with Gasteiger partial charge in [0.15, 0.2) is 0 Å². The lowest BCUT2D eigenvalue weighted by Gasteiger charge is -1.77. The van der Waals surface area contributed by atoms with E-state index in [1.165, 1.54) is 0 Å². The Morgan fingerprint density at radius 1 is 0.542 bits per heavy atom. The molecule has 0 aliphatic rings. The summed E-state index contributed by atoms with van der Waals surface area (Å²) in [5, 5.41) is 40.4. The Hall–Kier alpha value is -3.78. The van der Waals surface area contributed by atoms with Gasteiger partial charge in [0.2, 0.25) is 0 Å². The van der Waals surface area contributed by atoms with Crippen LogP contribution in [-0.4, -0.2) is 35.8 Å². The molecule has 24 heavy (non-hydrogen) atoms. The van der Waals surface area contributed by atoms with Crippen LogP contribution in [0.2, 0.25) is 0 Å². The summed E-state index contributed by atoms with van der Waals surface area (Å²) in [5.41, 5.74) is 27.5. The van der Waals surface area contributed by atoms with E-state index in [0.717, 1.165) is 20.8 Å². The molecule has 0 aromatic heterocycles. The first-order chi connectivity index (χ1) is 10.4. The van der Waals surface area contributed by atoms with E-state index >= 15 is 0 Å². The van der Waals surface area contributed by atoms with Gasteiger partial charge < -0.3 is 29.7 Å². The third kappa shape index (κ3) is 378. The standard InChI is InChI=1S/3C2H4O2.3CH5N3/c3*1-2(3)4;3*2-1(3)4/h3*1H3,(H,3,4);3*(H5,2,3,4). The second-order valence-corrected chi connectivity index (χ2v) is 2.97. The summed E-state index contributed by atoms with van der Waals surface area (Å²) in [6, 6.07) is 0. The van der Waals surface area contributed by atoms with Crippen LogP contribution in [0.25, 0.3) is 0 Å². The minimum absolute atomic E-state index is 0.0833. The summed E-state index contributed by atoms with van der Waals surface area (Å²) in [6.07, 6.45) is 0. The molecule has 0 aliphatic carbocycles. The first-order valence-corrected chi connectivity index (χ1v) is 5.32. The van der Waals surface area contributed by atoms with Crippen molar-refractivity contribution in [2.45, 2.75) is 20.8 Å². The number of carboxylic acids is 3. The van der Waals surface area contributed by atoms with Gasteiger partial charge in [-0.2, -0.15) is 0 Å². The highest BCUT2D eigenvalue weighted by Crippen LogP contribution is 1.31. The third-order valence-electron chi connectivity index (χ3n) is 0. The Kier molecular flexibility index (Phi) is 48.6. The van der Waals surface area contributed by atoms with Gasteiger partial charge in [-0.25, -0.2) is 0 Å². The molecule has 0 saturated heterocycles. The van der Waals surface area contributed by atoms with Gasteiger partial charge in [0.1, 0.15) is 0 Å². The van der Waals surface area contributed by atoms with Crippen molar-refractivity contribution < 1.29 is 45.9 Å². The number of hydrogen-bond acceptors (Lipinski definition) is 6. The molecule has 15 nitrogen and oxygen atoms in total. The van der Waals surface area contributed by atoms with Crippen LogP contribution in [0, 0.1) is 0 Å². The minimum Gasteiger partial charge on any atom is -0.550 e. The Morgan fingerprint density at radius 2 is 0.542 bits per heavy atom. The lowest BCUT2D eigenvalue weighted by molar-refractivity contribution is -0.303. The molecule has 0 heterocycles. The van der Waals surface area contributed by atoms with E-state index in [0.29, 0.717) is 0 Å². The van der Waals surface area contributed by atoms with Gasteiger partial charge in [-0.05, 0) is 20.8 Å². The number of carbonyl (C=O) groups excluding carboxylic acids is 3. The Bertz CT molecular complexity index is 269. The summed E-state index contributed by atoms with van der Waals surface area (Å²) in [5.74, 6) is -3.50. The van der Waals surface area contributed by atoms with Gasteiger partial charge in [-0.15, -0.1) is 0 Å². The molecule has 0 spiro atoms. The van der Waals surface area contributed by atoms with Crippen LogP contribution >= 0.6 is 0 Å². The molecule has 0 aromatic rings. The highest BCUT2D eigenvalue weighted by molar-refractivity contribution is 5.69. The van der Waals surface area contributed by atoms with Crippen molar-refractivity contribution in [2.75, 3.05) is 0 Å². The summed E-state index contributed by atoms with van der Waals surface area (Å²) < 4.78 is 0. The maximum Gasteiger partial charge on any atom is 0.336 e. The van der Waals surface area contributed by atoms with Crippen LogP contribution in [0.1, 0.15) is 20.8 Å². The van der Waals surface area contributed by atoms with E-state index in [4.69, 9.17) is 29.7 Å². The van der Waals surface area contributed by atoms with E-state index in [-0.39, 0.29) is 17.9 Å². The molecule has 15 heteroatoms. The Labute approximate surface area is 138 Å². The van der Waals surface area contributed by atoms with Gasteiger partial charge in [0.25, 0.3) is 0 Å². The first kappa shape index (κ1) is 36.9. The molecule has 144 valence electrons. The first-order valence-electron chi connectivity index (χ1n) is 5.32. The SMILES string of the molecule is CC(=O)[O-].CC(=O)[O-].CC(=O)[O-].NC(N)=[NH2+].NC(N)=[NH2+].NC(N)=[NH2+]. The molecule has 0 atom stereocenters. The zero-order chi connectivity index (χ0) is 21.5. The van der Waals surface area contributed by atoms with E-state index < -0.39 is 17.9 Å². The minimum atomic E-state index is -1.08. The fraction of sp³-hybridized carbons (Fsp3) is 0.333. The van der Waals surface area contributed by atoms with Crippen molar-refractivity contribution in [2.24, 2.45) is 34.4 Å². The number of guanidine groups is 3. The second-order valence-electron chi connectivity index (χ2n) is 2.97. The summed E-state index contributed by atoms with van der Waals surface area (Å²) in [4.78, 5) is 26.7. The lowest BCUT2D eigenvalue weighted by atomic mass is 10.9. The summed E-state index contributed by atoms with van der Waals surface area (Å²) >= 11 is 0. The van der Waals surface area contributed by atoms with Gasteiger partial charge in [-0.3, -0.25) is 50.6 Å². The van der Waals surface area contributed by atoms with Gasteiger partial charge >= 0.3 is 17.9 Å². The van der Waals surface area contributed by atoms with Gasteiger partial charge in [-0.1, -0.05) is 0 Å². The van der Waals surface area contributed by atoms with E-state index in [1.54, 1.807) is 0 Å². The maximum absolute atomic E-state index is 8.89. The van der Waals surface area contributed by atoms with Crippen LogP contribution in [0.15, 0.2) is 0 Å². The Morgan fingerprint density at radius 3 is 0.542 bits per heavy atom. The molecule has 0 aromatic carbocycles. The average Bonchev–Trinajstić information content (AvgIpc) is 2.08.